The van der Waals surface area contributed by atoms with Crippen molar-refractivity contribution in [1.82, 2.24) is 10.6 Å². The van der Waals surface area contributed by atoms with Gasteiger partial charge < -0.3 is 16.0 Å². The number of likely N-dealkylation sites (N-methyl/N-ethyl adjacent to an activating group) is 1. The van der Waals surface area contributed by atoms with Gasteiger partial charge in [-0.3, -0.25) is 4.79 Å². The van der Waals surface area contributed by atoms with Crippen LogP contribution in [0.5, 0.6) is 0 Å². The molecule has 2 aromatic carbocycles. The Balaban J connectivity index is 2.12. The number of urea groups is 1. The molecule has 0 fully saturated rings. The van der Waals surface area contributed by atoms with Gasteiger partial charge in [0.1, 0.15) is 6.04 Å². The van der Waals surface area contributed by atoms with Gasteiger partial charge >= 0.3 is 6.03 Å². The second-order valence-electron chi connectivity index (χ2n) is 4.46. The van der Waals surface area contributed by atoms with Crippen LogP contribution in [-0.2, 0) is 4.79 Å². The van der Waals surface area contributed by atoms with Gasteiger partial charge in [0.2, 0.25) is 5.91 Å². The van der Waals surface area contributed by atoms with E-state index in [1.165, 1.54) is 7.05 Å². The number of nitrogens with one attached hydrogen (secondary N) is 3. The van der Waals surface area contributed by atoms with Gasteiger partial charge in [-0.1, -0.05) is 36.4 Å². The standard InChI is InChI=1S/C15H17N3O2/c1-10(14(19)16-2)17-15(20)18-13-9-5-7-11-6-3-4-8-12(11)13/h3-10H,1-2H3,(H,16,19)(H2,17,18,20)/t10-/m0/s1. The lowest BCUT2D eigenvalue weighted by atomic mass is 10.1. The summed E-state index contributed by atoms with van der Waals surface area (Å²) < 4.78 is 0. The molecule has 5 nitrogen and oxygen atoms in total. The van der Waals surface area contributed by atoms with Gasteiger partial charge in [0.15, 0.2) is 0 Å². The normalized spacial score (nSPS) is 11.7. The maximum atomic E-state index is 11.9. The van der Waals surface area contributed by atoms with Crippen LogP contribution in [0.2, 0.25) is 0 Å². The summed E-state index contributed by atoms with van der Waals surface area (Å²) in [6, 6.07) is 12.5. The third kappa shape index (κ3) is 3.06. The molecule has 0 spiro atoms. The summed E-state index contributed by atoms with van der Waals surface area (Å²) in [7, 11) is 1.53. The smallest absolute Gasteiger partial charge is 0.319 e. The molecule has 0 saturated heterocycles. The van der Waals surface area contributed by atoms with Crippen molar-refractivity contribution in [2.24, 2.45) is 0 Å². The molecule has 0 unspecified atom stereocenters. The predicted molar refractivity (Wildman–Crippen MR) is 79.6 cm³/mol. The summed E-state index contributed by atoms with van der Waals surface area (Å²) in [6.45, 7) is 1.63. The first kappa shape index (κ1) is 13.9. The third-order valence-electron chi connectivity index (χ3n) is 3.03. The highest BCUT2D eigenvalue weighted by atomic mass is 16.2. The van der Waals surface area contributed by atoms with E-state index in [2.05, 4.69) is 16.0 Å². The fourth-order valence-corrected chi connectivity index (χ4v) is 1.97. The Morgan fingerprint density at radius 1 is 1.05 bits per heavy atom. The minimum Gasteiger partial charge on any atom is -0.357 e. The molecule has 0 aromatic heterocycles. The van der Waals surface area contributed by atoms with Gasteiger partial charge in [-0.05, 0) is 18.4 Å². The molecule has 0 saturated carbocycles. The second-order valence-corrected chi connectivity index (χ2v) is 4.46. The molecule has 2 rings (SSSR count). The van der Waals surface area contributed by atoms with E-state index >= 15 is 0 Å². The second kappa shape index (κ2) is 6.06. The van der Waals surface area contributed by atoms with Crippen molar-refractivity contribution in [2.75, 3.05) is 12.4 Å². The lowest BCUT2D eigenvalue weighted by molar-refractivity contribution is -0.122. The molecule has 0 aliphatic carbocycles. The number of carbonyl (C=O) groups excluding carboxylic acids is 2. The van der Waals surface area contributed by atoms with Crippen molar-refractivity contribution >= 4 is 28.4 Å². The van der Waals surface area contributed by atoms with Crippen LogP contribution < -0.4 is 16.0 Å². The van der Waals surface area contributed by atoms with E-state index in [1.807, 2.05) is 42.5 Å². The predicted octanol–water partition coefficient (Wildman–Crippen LogP) is 2.10. The molecule has 0 heterocycles. The first-order chi connectivity index (χ1) is 9.61. The van der Waals surface area contributed by atoms with Crippen LogP contribution >= 0.6 is 0 Å². The zero-order valence-corrected chi connectivity index (χ0v) is 11.4. The molecule has 2 aromatic rings. The van der Waals surface area contributed by atoms with E-state index in [4.69, 9.17) is 0 Å². The molecule has 3 N–H and O–H groups in total. The van der Waals surface area contributed by atoms with Gasteiger partial charge in [-0.15, -0.1) is 0 Å². The first-order valence-corrected chi connectivity index (χ1v) is 6.38. The van der Waals surface area contributed by atoms with E-state index in [1.54, 1.807) is 6.92 Å². The van der Waals surface area contributed by atoms with Crippen molar-refractivity contribution in [3.63, 3.8) is 0 Å². The molecular weight excluding hydrogens is 254 g/mol. The molecule has 104 valence electrons. The molecule has 0 bridgehead atoms. The van der Waals surface area contributed by atoms with Crippen molar-refractivity contribution in [1.29, 1.82) is 0 Å². The van der Waals surface area contributed by atoms with E-state index in [9.17, 15) is 9.59 Å². The van der Waals surface area contributed by atoms with Crippen LogP contribution in [0.1, 0.15) is 6.92 Å². The van der Waals surface area contributed by atoms with E-state index in [0.29, 0.717) is 5.69 Å². The number of carbonyl (C=O) groups is 2. The van der Waals surface area contributed by atoms with Crippen LogP contribution in [0.3, 0.4) is 0 Å². The quantitative estimate of drug-likeness (QED) is 0.800. The number of hydrogen-bond acceptors (Lipinski definition) is 2. The van der Waals surface area contributed by atoms with Crippen molar-refractivity contribution in [2.45, 2.75) is 13.0 Å². The summed E-state index contributed by atoms with van der Waals surface area (Å²) in [6.07, 6.45) is 0. The van der Waals surface area contributed by atoms with Crippen molar-refractivity contribution in [3.05, 3.63) is 42.5 Å². The molecule has 1 atom stereocenters. The Morgan fingerprint density at radius 3 is 2.50 bits per heavy atom. The van der Waals surface area contributed by atoms with E-state index in [0.717, 1.165) is 10.8 Å². The van der Waals surface area contributed by atoms with Crippen molar-refractivity contribution in [3.8, 4) is 0 Å². The zero-order chi connectivity index (χ0) is 14.5. The maximum absolute atomic E-state index is 11.9. The fourth-order valence-electron chi connectivity index (χ4n) is 1.97. The van der Waals surface area contributed by atoms with Gasteiger partial charge in [-0.25, -0.2) is 4.79 Å². The van der Waals surface area contributed by atoms with Gasteiger partial charge in [0.05, 0.1) is 5.69 Å². The molecular formula is C15H17N3O2. The largest absolute Gasteiger partial charge is 0.357 e. The molecule has 3 amide bonds. The lowest BCUT2D eigenvalue weighted by Crippen LogP contribution is -2.45. The highest BCUT2D eigenvalue weighted by molar-refractivity contribution is 6.02. The average Bonchev–Trinajstić information content (AvgIpc) is 2.46. The third-order valence-corrected chi connectivity index (χ3v) is 3.03. The van der Waals surface area contributed by atoms with Crippen LogP contribution in [-0.4, -0.2) is 25.0 Å². The Morgan fingerprint density at radius 2 is 1.75 bits per heavy atom. The molecule has 0 aliphatic rings. The Hall–Kier alpha value is -2.56. The summed E-state index contributed by atoms with van der Waals surface area (Å²) >= 11 is 0. The summed E-state index contributed by atoms with van der Waals surface area (Å²) in [5, 5.41) is 9.83. The number of amides is 3. The zero-order valence-electron chi connectivity index (χ0n) is 11.4. The van der Waals surface area contributed by atoms with Gasteiger partial charge in [0.25, 0.3) is 0 Å². The van der Waals surface area contributed by atoms with Crippen LogP contribution in [0.4, 0.5) is 10.5 Å². The SMILES string of the molecule is CNC(=O)[C@H](C)NC(=O)Nc1cccc2ccccc12. The topological polar surface area (TPSA) is 70.2 Å². The Labute approximate surface area is 117 Å². The molecule has 0 radical (unpaired) electrons. The monoisotopic (exact) mass is 271 g/mol. The van der Waals surface area contributed by atoms with Crippen LogP contribution in [0.25, 0.3) is 10.8 Å². The first-order valence-electron chi connectivity index (χ1n) is 6.38. The summed E-state index contributed by atoms with van der Waals surface area (Å²) in [4.78, 5) is 23.2. The Kier molecular flexibility index (Phi) is 4.20. The number of anilines is 1. The molecule has 0 aliphatic heterocycles. The van der Waals surface area contributed by atoms with Crippen LogP contribution in [0, 0.1) is 0 Å². The highest BCUT2D eigenvalue weighted by Gasteiger charge is 2.14. The lowest BCUT2D eigenvalue weighted by Gasteiger charge is -2.14. The minimum absolute atomic E-state index is 0.238. The van der Waals surface area contributed by atoms with Crippen LogP contribution in [0.15, 0.2) is 42.5 Å². The number of fused-ring (bicyclic) bond motifs is 1. The highest BCUT2D eigenvalue weighted by Crippen LogP contribution is 2.22. The Bertz CT molecular complexity index is 635. The number of benzene rings is 2. The number of rotatable bonds is 3. The molecule has 5 heteroatoms. The van der Waals surface area contributed by atoms with E-state index in [-0.39, 0.29) is 5.91 Å². The maximum Gasteiger partial charge on any atom is 0.319 e. The average molecular weight is 271 g/mol. The fraction of sp³-hybridized carbons (Fsp3) is 0.200. The molecule has 20 heavy (non-hydrogen) atoms. The van der Waals surface area contributed by atoms with Gasteiger partial charge in [0, 0.05) is 12.4 Å². The number of hydrogen-bond donors (Lipinski definition) is 3. The summed E-state index contributed by atoms with van der Waals surface area (Å²) in [5.41, 5.74) is 0.713. The van der Waals surface area contributed by atoms with E-state index < -0.39 is 12.1 Å². The minimum atomic E-state index is -0.588. The van der Waals surface area contributed by atoms with Crippen molar-refractivity contribution < 1.29 is 9.59 Å². The summed E-state index contributed by atoms with van der Waals surface area (Å²) in [5.74, 6) is -0.238. The van der Waals surface area contributed by atoms with Gasteiger partial charge in [-0.2, -0.15) is 0 Å².